The maximum Gasteiger partial charge on any atom is 0.150 e. The van der Waals surface area contributed by atoms with Crippen molar-refractivity contribution in [3.05, 3.63) is 29.6 Å². The number of aldehydes is 1. The quantitative estimate of drug-likeness (QED) is 0.749. The Kier molecular flexibility index (Phi) is 3.77. The Labute approximate surface area is 101 Å². The molecule has 1 heterocycles. The van der Waals surface area contributed by atoms with Gasteiger partial charge in [0, 0.05) is 24.3 Å². The molecule has 0 saturated carbocycles. The highest BCUT2D eigenvalue weighted by Crippen LogP contribution is 2.26. The number of hydrogen-bond acceptors (Lipinski definition) is 2. The first-order valence-electron chi connectivity index (χ1n) is 6.23. The van der Waals surface area contributed by atoms with Crippen molar-refractivity contribution in [2.45, 2.75) is 26.2 Å². The topological polar surface area (TPSA) is 20.3 Å². The fourth-order valence-electron chi connectivity index (χ4n) is 2.48. The van der Waals surface area contributed by atoms with E-state index < -0.39 is 0 Å². The molecule has 0 radical (unpaired) electrons. The first-order valence-corrected chi connectivity index (χ1v) is 6.23. The van der Waals surface area contributed by atoms with Crippen LogP contribution in [-0.4, -0.2) is 19.4 Å². The van der Waals surface area contributed by atoms with Gasteiger partial charge in [-0.1, -0.05) is 13.3 Å². The third-order valence-electron chi connectivity index (χ3n) is 3.50. The molecule has 2 nitrogen and oxygen atoms in total. The summed E-state index contributed by atoms with van der Waals surface area (Å²) in [6.45, 7) is 4.12. The summed E-state index contributed by atoms with van der Waals surface area (Å²) in [4.78, 5) is 12.9. The summed E-state index contributed by atoms with van der Waals surface area (Å²) < 4.78 is 13.4. The number of hydrogen-bond donors (Lipinski definition) is 0. The van der Waals surface area contributed by atoms with Gasteiger partial charge in [0.15, 0.2) is 0 Å². The lowest BCUT2D eigenvalue weighted by Crippen LogP contribution is -2.35. The number of carbonyl (C=O) groups excluding carboxylic acids is 1. The number of rotatable bonds is 3. The van der Waals surface area contributed by atoms with Gasteiger partial charge < -0.3 is 4.90 Å². The van der Waals surface area contributed by atoms with E-state index in [1.807, 2.05) is 0 Å². The minimum atomic E-state index is -0.330. The largest absolute Gasteiger partial charge is 0.371 e. The van der Waals surface area contributed by atoms with Gasteiger partial charge in [0.25, 0.3) is 0 Å². The number of halogens is 1. The van der Waals surface area contributed by atoms with Crippen LogP contribution in [0, 0.1) is 11.7 Å². The predicted molar refractivity (Wildman–Crippen MR) is 67.0 cm³/mol. The van der Waals surface area contributed by atoms with Crippen LogP contribution >= 0.6 is 0 Å². The number of benzene rings is 1. The van der Waals surface area contributed by atoms with E-state index in [2.05, 4.69) is 11.8 Å². The summed E-state index contributed by atoms with van der Waals surface area (Å²) in [7, 11) is 0. The molecule has 0 amide bonds. The molecule has 0 aromatic heterocycles. The van der Waals surface area contributed by atoms with Gasteiger partial charge in [-0.15, -0.1) is 0 Å². The molecule has 3 heteroatoms. The molecular weight excluding hydrogens is 217 g/mol. The molecule has 1 unspecified atom stereocenters. The van der Waals surface area contributed by atoms with Crippen molar-refractivity contribution in [3.63, 3.8) is 0 Å². The van der Waals surface area contributed by atoms with Gasteiger partial charge in [-0.3, -0.25) is 4.79 Å². The number of nitrogens with zero attached hydrogens (tertiary/aromatic N) is 1. The van der Waals surface area contributed by atoms with E-state index in [9.17, 15) is 9.18 Å². The standard InChI is InChI=1S/C14H18FNO/c1-2-11-4-3-5-16(9-11)14-7-12(10-17)6-13(15)8-14/h6-8,10-11H,2-5,9H2,1H3. The van der Waals surface area contributed by atoms with Gasteiger partial charge in [-0.25, -0.2) is 4.39 Å². The van der Waals surface area contributed by atoms with Crippen LogP contribution < -0.4 is 4.90 Å². The minimum absolute atomic E-state index is 0.330. The lowest BCUT2D eigenvalue weighted by atomic mass is 9.95. The Balaban J connectivity index is 2.20. The van der Waals surface area contributed by atoms with E-state index in [-0.39, 0.29) is 5.82 Å². The van der Waals surface area contributed by atoms with Gasteiger partial charge in [0.2, 0.25) is 0 Å². The first kappa shape index (κ1) is 12.1. The lowest BCUT2D eigenvalue weighted by molar-refractivity contribution is 0.112. The van der Waals surface area contributed by atoms with Crippen LogP contribution in [0.2, 0.25) is 0 Å². The van der Waals surface area contributed by atoms with E-state index in [1.165, 1.54) is 18.6 Å². The van der Waals surface area contributed by atoms with Crippen molar-refractivity contribution in [1.29, 1.82) is 0 Å². The van der Waals surface area contributed by atoms with Crippen LogP contribution in [0.4, 0.5) is 10.1 Å². The normalized spacial score (nSPS) is 20.4. The molecule has 0 aliphatic carbocycles. The molecule has 0 N–H and O–H groups in total. The average molecular weight is 235 g/mol. The Morgan fingerprint density at radius 3 is 3.00 bits per heavy atom. The molecule has 1 aromatic carbocycles. The van der Waals surface area contributed by atoms with E-state index in [0.29, 0.717) is 17.8 Å². The summed E-state index contributed by atoms with van der Waals surface area (Å²) >= 11 is 0. The van der Waals surface area contributed by atoms with Gasteiger partial charge in [0.05, 0.1) is 0 Å². The third kappa shape index (κ3) is 2.84. The average Bonchev–Trinajstić information content (AvgIpc) is 2.38. The van der Waals surface area contributed by atoms with Crippen molar-refractivity contribution in [1.82, 2.24) is 0 Å². The Hall–Kier alpha value is -1.38. The highest BCUT2D eigenvalue weighted by Gasteiger charge is 2.19. The first-order chi connectivity index (χ1) is 8.22. The summed E-state index contributed by atoms with van der Waals surface area (Å²) in [6.07, 6.45) is 4.26. The zero-order chi connectivity index (χ0) is 12.3. The lowest BCUT2D eigenvalue weighted by Gasteiger charge is -2.34. The Morgan fingerprint density at radius 1 is 1.47 bits per heavy atom. The smallest absolute Gasteiger partial charge is 0.150 e. The second-order valence-corrected chi connectivity index (χ2v) is 4.72. The number of carbonyl (C=O) groups is 1. The zero-order valence-electron chi connectivity index (χ0n) is 10.2. The highest BCUT2D eigenvalue weighted by molar-refractivity contribution is 5.77. The van der Waals surface area contributed by atoms with Crippen molar-refractivity contribution in [2.75, 3.05) is 18.0 Å². The molecule has 17 heavy (non-hydrogen) atoms. The molecule has 92 valence electrons. The van der Waals surface area contributed by atoms with E-state index >= 15 is 0 Å². The molecule has 1 saturated heterocycles. The van der Waals surface area contributed by atoms with E-state index in [4.69, 9.17) is 0 Å². The van der Waals surface area contributed by atoms with Crippen molar-refractivity contribution >= 4 is 12.0 Å². The van der Waals surface area contributed by atoms with Crippen LogP contribution in [-0.2, 0) is 0 Å². The van der Waals surface area contributed by atoms with Crippen LogP contribution in [0.1, 0.15) is 36.5 Å². The van der Waals surface area contributed by atoms with Crippen LogP contribution in [0.5, 0.6) is 0 Å². The van der Waals surface area contributed by atoms with Crippen molar-refractivity contribution in [2.24, 2.45) is 5.92 Å². The number of anilines is 1. The second kappa shape index (κ2) is 5.30. The Morgan fingerprint density at radius 2 is 2.29 bits per heavy atom. The van der Waals surface area contributed by atoms with Gasteiger partial charge in [-0.2, -0.15) is 0 Å². The minimum Gasteiger partial charge on any atom is -0.371 e. The molecule has 0 bridgehead atoms. The summed E-state index contributed by atoms with van der Waals surface area (Å²) in [5, 5.41) is 0. The molecule has 1 aromatic rings. The molecule has 1 fully saturated rings. The van der Waals surface area contributed by atoms with E-state index in [0.717, 1.165) is 31.6 Å². The van der Waals surface area contributed by atoms with Crippen LogP contribution in [0.3, 0.4) is 0 Å². The van der Waals surface area contributed by atoms with E-state index in [1.54, 1.807) is 6.07 Å². The zero-order valence-corrected chi connectivity index (χ0v) is 10.2. The summed E-state index contributed by atoms with van der Waals surface area (Å²) in [6, 6.07) is 4.57. The molecular formula is C14H18FNO. The maximum absolute atomic E-state index is 13.4. The maximum atomic E-state index is 13.4. The number of piperidine rings is 1. The predicted octanol–water partition coefficient (Wildman–Crippen LogP) is 3.26. The monoisotopic (exact) mass is 235 g/mol. The fourth-order valence-corrected chi connectivity index (χ4v) is 2.48. The molecule has 1 aliphatic heterocycles. The summed E-state index contributed by atoms with van der Waals surface area (Å²) in [5.74, 6) is 0.356. The van der Waals surface area contributed by atoms with Gasteiger partial charge >= 0.3 is 0 Å². The van der Waals surface area contributed by atoms with Crippen LogP contribution in [0.15, 0.2) is 18.2 Å². The second-order valence-electron chi connectivity index (χ2n) is 4.72. The van der Waals surface area contributed by atoms with Crippen LogP contribution in [0.25, 0.3) is 0 Å². The SMILES string of the molecule is CCC1CCCN(c2cc(F)cc(C=O)c2)C1. The molecule has 2 rings (SSSR count). The van der Waals surface area contributed by atoms with Gasteiger partial charge in [-0.05, 0) is 37.0 Å². The summed E-state index contributed by atoms with van der Waals surface area (Å²) in [5.41, 5.74) is 1.25. The molecule has 1 aliphatic rings. The molecule has 1 atom stereocenters. The van der Waals surface area contributed by atoms with Crippen molar-refractivity contribution in [3.8, 4) is 0 Å². The third-order valence-corrected chi connectivity index (χ3v) is 3.50. The molecule has 0 spiro atoms. The van der Waals surface area contributed by atoms with Crippen molar-refractivity contribution < 1.29 is 9.18 Å². The fraction of sp³-hybridized carbons (Fsp3) is 0.500. The highest BCUT2D eigenvalue weighted by atomic mass is 19.1. The van der Waals surface area contributed by atoms with Gasteiger partial charge in [0.1, 0.15) is 12.1 Å². The Bertz CT molecular complexity index is 405.